The van der Waals surface area contributed by atoms with E-state index in [0.717, 1.165) is 18.0 Å². The third kappa shape index (κ3) is 2.00. The summed E-state index contributed by atoms with van der Waals surface area (Å²) in [6.45, 7) is 15.1. The van der Waals surface area contributed by atoms with Crippen LogP contribution in [-0.4, -0.2) is 73.1 Å². The van der Waals surface area contributed by atoms with E-state index in [1.54, 1.807) is 0 Å². The zero-order chi connectivity index (χ0) is 12.9. The molecule has 3 nitrogen and oxygen atoms in total. The van der Waals surface area contributed by atoms with Crippen LogP contribution in [0, 0.1) is 11.3 Å². The Morgan fingerprint density at radius 1 is 1.11 bits per heavy atom. The molecule has 18 heavy (non-hydrogen) atoms. The molecule has 1 unspecified atom stereocenters. The summed E-state index contributed by atoms with van der Waals surface area (Å²) in [5, 5.41) is 0. The summed E-state index contributed by atoms with van der Waals surface area (Å²) in [5.74, 6) is 0.844. The molecule has 3 heteroatoms. The second-order valence-corrected chi connectivity index (χ2v) is 7.29. The maximum atomic E-state index is 2.78. The molecule has 0 N–H and O–H groups in total. The molecule has 0 aromatic heterocycles. The first-order valence-electron chi connectivity index (χ1n) is 7.70. The van der Waals surface area contributed by atoms with Crippen LogP contribution in [-0.2, 0) is 0 Å². The van der Waals surface area contributed by atoms with Gasteiger partial charge in [-0.1, -0.05) is 13.8 Å². The number of hydrogen-bond donors (Lipinski definition) is 0. The monoisotopic (exact) mass is 251 g/mol. The molecule has 3 aliphatic rings. The highest BCUT2D eigenvalue weighted by Gasteiger charge is 2.53. The maximum absolute atomic E-state index is 2.78. The lowest BCUT2D eigenvalue weighted by Gasteiger charge is -2.63. The molecule has 3 saturated heterocycles. The predicted octanol–water partition coefficient (Wildman–Crippen LogP) is 1.35. The molecule has 0 radical (unpaired) electrons. The summed E-state index contributed by atoms with van der Waals surface area (Å²) in [4.78, 5) is 7.89. The molecular formula is C15H29N3. The number of likely N-dealkylation sites (tertiary alicyclic amines) is 3. The first-order valence-corrected chi connectivity index (χ1v) is 7.70. The molecule has 3 fully saturated rings. The van der Waals surface area contributed by atoms with Crippen molar-refractivity contribution in [2.75, 3.05) is 46.3 Å². The van der Waals surface area contributed by atoms with Gasteiger partial charge >= 0.3 is 0 Å². The minimum absolute atomic E-state index is 0.694. The highest BCUT2D eigenvalue weighted by molar-refractivity contribution is 5.07. The van der Waals surface area contributed by atoms with E-state index in [1.807, 2.05) is 0 Å². The Bertz CT molecular complexity index is 303. The number of nitrogens with zero attached hydrogens (tertiary/aromatic N) is 3. The van der Waals surface area contributed by atoms with Crippen LogP contribution < -0.4 is 0 Å². The fraction of sp³-hybridized carbons (Fsp3) is 1.00. The van der Waals surface area contributed by atoms with E-state index in [4.69, 9.17) is 0 Å². The summed E-state index contributed by atoms with van der Waals surface area (Å²) < 4.78 is 0. The van der Waals surface area contributed by atoms with E-state index in [9.17, 15) is 0 Å². The SMILES string of the molecule is CCN1C[C@H](C)C(N2CC3(CN(C)C3)C2)C[C@H]1C. The molecule has 0 amide bonds. The van der Waals surface area contributed by atoms with Crippen molar-refractivity contribution < 1.29 is 0 Å². The van der Waals surface area contributed by atoms with E-state index >= 15 is 0 Å². The van der Waals surface area contributed by atoms with Gasteiger partial charge < -0.3 is 9.80 Å². The average Bonchev–Trinajstić information content (AvgIpc) is 2.24. The summed E-state index contributed by atoms with van der Waals surface area (Å²) in [6.07, 6.45) is 1.38. The fourth-order valence-electron chi connectivity index (χ4n) is 4.70. The molecule has 0 bridgehead atoms. The topological polar surface area (TPSA) is 9.72 Å². The highest BCUT2D eigenvalue weighted by Crippen LogP contribution is 2.42. The first-order chi connectivity index (χ1) is 8.53. The molecule has 3 heterocycles. The zero-order valence-corrected chi connectivity index (χ0v) is 12.5. The van der Waals surface area contributed by atoms with Crippen LogP contribution in [0.4, 0.5) is 0 Å². The Balaban J connectivity index is 1.55. The average molecular weight is 251 g/mol. The van der Waals surface area contributed by atoms with Crippen molar-refractivity contribution in [1.29, 1.82) is 0 Å². The lowest BCUT2D eigenvalue weighted by Crippen LogP contribution is -2.74. The lowest BCUT2D eigenvalue weighted by atomic mass is 9.71. The van der Waals surface area contributed by atoms with Crippen LogP contribution in [0.2, 0.25) is 0 Å². The summed E-state index contributed by atoms with van der Waals surface area (Å²) in [5.41, 5.74) is 0.694. The number of hydrogen-bond acceptors (Lipinski definition) is 3. The Hall–Kier alpha value is -0.120. The number of piperidine rings is 1. The molecule has 3 aliphatic heterocycles. The van der Waals surface area contributed by atoms with Crippen molar-refractivity contribution in [3.05, 3.63) is 0 Å². The Labute approximate surface area is 112 Å². The van der Waals surface area contributed by atoms with Gasteiger partial charge in [-0.2, -0.15) is 0 Å². The quantitative estimate of drug-likeness (QED) is 0.733. The fourth-order valence-corrected chi connectivity index (χ4v) is 4.70. The summed E-state index contributed by atoms with van der Waals surface area (Å²) in [7, 11) is 2.25. The largest absolute Gasteiger partial charge is 0.305 e. The van der Waals surface area contributed by atoms with Crippen molar-refractivity contribution in [3.8, 4) is 0 Å². The van der Waals surface area contributed by atoms with E-state index in [-0.39, 0.29) is 0 Å². The van der Waals surface area contributed by atoms with Crippen LogP contribution in [0.3, 0.4) is 0 Å². The van der Waals surface area contributed by atoms with Crippen molar-refractivity contribution in [1.82, 2.24) is 14.7 Å². The smallest absolute Gasteiger partial charge is 0.0212 e. The van der Waals surface area contributed by atoms with Gasteiger partial charge in [0.15, 0.2) is 0 Å². The van der Waals surface area contributed by atoms with Crippen LogP contribution in [0.1, 0.15) is 27.2 Å². The molecule has 3 atom stereocenters. The predicted molar refractivity (Wildman–Crippen MR) is 75.8 cm³/mol. The van der Waals surface area contributed by atoms with E-state index in [1.165, 1.54) is 45.7 Å². The van der Waals surface area contributed by atoms with Gasteiger partial charge in [-0.25, -0.2) is 0 Å². The third-order valence-corrected chi connectivity index (χ3v) is 5.55. The molecule has 0 aromatic rings. The van der Waals surface area contributed by atoms with Gasteiger partial charge in [0.1, 0.15) is 0 Å². The highest BCUT2D eigenvalue weighted by atomic mass is 15.3. The maximum Gasteiger partial charge on any atom is 0.0212 e. The Morgan fingerprint density at radius 3 is 2.33 bits per heavy atom. The second kappa shape index (κ2) is 4.46. The van der Waals surface area contributed by atoms with E-state index < -0.39 is 0 Å². The van der Waals surface area contributed by atoms with Gasteiger partial charge in [0, 0.05) is 50.2 Å². The summed E-state index contributed by atoms with van der Waals surface area (Å²) >= 11 is 0. The van der Waals surface area contributed by atoms with Gasteiger partial charge in [0.05, 0.1) is 0 Å². The standard InChI is InChI=1S/C15H29N3/c1-5-17-7-12(2)14(6-13(17)3)18-10-15(11-18)8-16(4)9-15/h12-14H,5-11H2,1-4H3/t12-,13+,14?/m0/s1. The van der Waals surface area contributed by atoms with Crippen molar-refractivity contribution in [3.63, 3.8) is 0 Å². The molecule has 0 aromatic carbocycles. The zero-order valence-electron chi connectivity index (χ0n) is 12.5. The molecule has 104 valence electrons. The minimum Gasteiger partial charge on any atom is -0.305 e. The lowest BCUT2D eigenvalue weighted by molar-refractivity contribution is -0.139. The van der Waals surface area contributed by atoms with Gasteiger partial charge in [-0.05, 0) is 32.9 Å². The van der Waals surface area contributed by atoms with Gasteiger partial charge in [0.2, 0.25) is 0 Å². The Kier molecular flexibility index (Phi) is 3.20. The van der Waals surface area contributed by atoms with Crippen LogP contribution in [0.15, 0.2) is 0 Å². The first kappa shape index (κ1) is 12.9. The van der Waals surface area contributed by atoms with E-state index in [0.29, 0.717) is 5.41 Å². The van der Waals surface area contributed by atoms with Crippen LogP contribution in [0.25, 0.3) is 0 Å². The Morgan fingerprint density at radius 2 is 1.78 bits per heavy atom. The number of rotatable bonds is 2. The molecule has 3 rings (SSSR count). The van der Waals surface area contributed by atoms with Crippen molar-refractivity contribution in [2.24, 2.45) is 11.3 Å². The molecule has 0 saturated carbocycles. The van der Waals surface area contributed by atoms with Gasteiger partial charge in [0.25, 0.3) is 0 Å². The molecule has 0 aliphatic carbocycles. The van der Waals surface area contributed by atoms with E-state index in [2.05, 4.69) is 42.5 Å². The minimum atomic E-state index is 0.694. The van der Waals surface area contributed by atoms with Gasteiger partial charge in [-0.3, -0.25) is 4.90 Å². The molecule has 1 spiro atoms. The normalized spacial score (nSPS) is 41.7. The summed E-state index contributed by atoms with van der Waals surface area (Å²) in [6, 6.07) is 1.62. The second-order valence-electron chi connectivity index (χ2n) is 7.29. The van der Waals surface area contributed by atoms with Crippen LogP contribution in [0.5, 0.6) is 0 Å². The van der Waals surface area contributed by atoms with Crippen molar-refractivity contribution in [2.45, 2.75) is 39.3 Å². The van der Waals surface area contributed by atoms with Crippen molar-refractivity contribution >= 4 is 0 Å². The third-order valence-electron chi connectivity index (χ3n) is 5.55. The van der Waals surface area contributed by atoms with Gasteiger partial charge in [-0.15, -0.1) is 0 Å². The van der Waals surface area contributed by atoms with Crippen LogP contribution >= 0.6 is 0 Å². The molecular weight excluding hydrogens is 222 g/mol.